The van der Waals surface area contributed by atoms with Crippen molar-refractivity contribution in [1.29, 1.82) is 0 Å². The molecule has 0 bridgehead atoms. The molecule has 27 heavy (non-hydrogen) atoms. The molecule has 0 saturated heterocycles. The molecule has 0 spiro atoms. The quantitative estimate of drug-likeness (QED) is 0.635. The molecule has 1 fully saturated rings. The van der Waals surface area contributed by atoms with Gasteiger partial charge in [0.05, 0.1) is 11.8 Å². The minimum absolute atomic E-state index is 0.00960. The normalized spacial score (nSPS) is 14.7. The third-order valence-corrected chi connectivity index (χ3v) is 5.45. The van der Waals surface area contributed by atoms with E-state index >= 15 is 0 Å². The molecule has 1 aliphatic carbocycles. The highest BCUT2D eigenvalue weighted by molar-refractivity contribution is 7.99. The average Bonchev–Trinajstić information content (AvgIpc) is 3.46. The molecular formula is C20H21N5OS. The lowest BCUT2D eigenvalue weighted by atomic mass is 10.1. The Kier molecular flexibility index (Phi) is 5.20. The van der Waals surface area contributed by atoms with E-state index in [9.17, 15) is 4.79 Å². The summed E-state index contributed by atoms with van der Waals surface area (Å²) in [6, 6.07) is 14.2. The average molecular weight is 379 g/mol. The zero-order valence-electron chi connectivity index (χ0n) is 15.1. The lowest BCUT2D eigenvalue weighted by Crippen LogP contribution is -2.28. The van der Waals surface area contributed by atoms with Crippen molar-refractivity contribution in [2.45, 2.75) is 37.0 Å². The Morgan fingerprint density at radius 1 is 1.22 bits per heavy atom. The van der Waals surface area contributed by atoms with E-state index in [1.165, 1.54) is 11.8 Å². The van der Waals surface area contributed by atoms with Crippen molar-refractivity contribution in [3.8, 4) is 11.4 Å². The molecule has 1 aliphatic rings. The Hall–Kier alpha value is -2.67. The molecule has 138 valence electrons. The summed E-state index contributed by atoms with van der Waals surface area (Å²) < 4.78 is 2.15. The number of amides is 1. The second-order valence-electron chi connectivity index (χ2n) is 6.64. The van der Waals surface area contributed by atoms with Gasteiger partial charge in [0.25, 0.3) is 0 Å². The lowest BCUT2D eigenvalue weighted by Gasteiger charge is -2.14. The monoisotopic (exact) mass is 379 g/mol. The summed E-state index contributed by atoms with van der Waals surface area (Å²) in [5.74, 6) is 1.13. The molecule has 1 atom stereocenters. The number of aromatic nitrogens is 4. The summed E-state index contributed by atoms with van der Waals surface area (Å²) in [5, 5.41) is 12.5. The molecule has 7 heteroatoms. The third kappa shape index (κ3) is 4.19. The summed E-state index contributed by atoms with van der Waals surface area (Å²) >= 11 is 1.43. The van der Waals surface area contributed by atoms with Crippen molar-refractivity contribution in [3.63, 3.8) is 0 Å². The topological polar surface area (TPSA) is 72.7 Å². The molecule has 2 heterocycles. The first kappa shape index (κ1) is 17.7. The number of carbonyl (C=O) groups is 1. The fourth-order valence-electron chi connectivity index (χ4n) is 2.97. The smallest absolute Gasteiger partial charge is 0.230 e. The van der Waals surface area contributed by atoms with Gasteiger partial charge in [-0.25, -0.2) is 0 Å². The van der Waals surface area contributed by atoms with E-state index in [4.69, 9.17) is 0 Å². The molecule has 1 amide bonds. The molecule has 6 nitrogen and oxygen atoms in total. The number of carbonyl (C=O) groups excluding carboxylic acids is 1. The highest BCUT2D eigenvalue weighted by atomic mass is 32.2. The molecule has 0 aliphatic heterocycles. The number of hydrogen-bond acceptors (Lipinski definition) is 5. The second kappa shape index (κ2) is 7.92. The minimum Gasteiger partial charge on any atom is -0.349 e. The van der Waals surface area contributed by atoms with Gasteiger partial charge in [-0.3, -0.25) is 14.3 Å². The molecule has 2 aromatic heterocycles. The van der Waals surface area contributed by atoms with Crippen LogP contribution < -0.4 is 5.32 Å². The van der Waals surface area contributed by atoms with Crippen LogP contribution >= 0.6 is 11.8 Å². The molecule has 1 saturated carbocycles. The van der Waals surface area contributed by atoms with Crippen LogP contribution in [-0.2, 0) is 4.79 Å². The third-order valence-electron chi connectivity index (χ3n) is 4.51. The summed E-state index contributed by atoms with van der Waals surface area (Å²) in [4.78, 5) is 16.5. The Bertz CT molecular complexity index is 909. The van der Waals surface area contributed by atoms with Gasteiger partial charge < -0.3 is 5.32 Å². The van der Waals surface area contributed by atoms with Gasteiger partial charge in [-0.15, -0.1) is 10.2 Å². The van der Waals surface area contributed by atoms with Crippen molar-refractivity contribution in [3.05, 3.63) is 60.4 Å². The van der Waals surface area contributed by atoms with Crippen molar-refractivity contribution in [1.82, 2.24) is 25.1 Å². The highest BCUT2D eigenvalue weighted by Crippen LogP contribution is 2.40. The van der Waals surface area contributed by atoms with Crippen LogP contribution in [0, 0.1) is 0 Å². The summed E-state index contributed by atoms with van der Waals surface area (Å²) in [6.07, 6.45) is 5.78. The van der Waals surface area contributed by atoms with E-state index in [1.807, 2.05) is 49.4 Å². The van der Waals surface area contributed by atoms with Crippen molar-refractivity contribution >= 4 is 17.7 Å². The van der Waals surface area contributed by atoms with Crippen LogP contribution in [0.4, 0.5) is 0 Å². The Labute approximate surface area is 162 Å². The van der Waals surface area contributed by atoms with Crippen molar-refractivity contribution < 1.29 is 4.79 Å². The van der Waals surface area contributed by atoms with Gasteiger partial charge >= 0.3 is 0 Å². The van der Waals surface area contributed by atoms with Crippen LogP contribution in [-0.4, -0.2) is 31.4 Å². The predicted molar refractivity (Wildman–Crippen MR) is 105 cm³/mol. The van der Waals surface area contributed by atoms with Crippen LogP contribution in [0.2, 0.25) is 0 Å². The Morgan fingerprint density at radius 2 is 2.04 bits per heavy atom. The molecule has 1 N–H and O–H groups in total. The predicted octanol–water partition coefficient (Wildman–Crippen LogP) is 3.64. The maximum atomic E-state index is 12.4. The van der Waals surface area contributed by atoms with Crippen LogP contribution in [0.1, 0.15) is 37.4 Å². The second-order valence-corrected chi connectivity index (χ2v) is 7.58. The van der Waals surface area contributed by atoms with Gasteiger partial charge in [-0.1, -0.05) is 42.1 Å². The molecule has 0 unspecified atom stereocenters. The first-order valence-corrected chi connectivity index (χ1v) is 10.0. The van der Waals surface area contributed by atoms with Gasteiger partial charge in [0.1, 0.15) is 0 Å². The number of nitrogens with one attached hydrogen (secondary N) is 1. The standard InChI is InChI=1S/C20H21N5OS/c1-14(15-6-3-2-4-7-15)22-18(26)13-27-20-24-23-19(25(20)17-9-10-17)16-8-5-11-21-12-16/h2-8,11-12,14,17H,9-10,13H2,1H3,(H,22,26)/t14-/m1/s1. The van der Waals surface area contributed by atoms with E-state index in [2.05, 4.69) is 25.1 Å². The molecule has 0 radical (unpaired) electrons. The van der Waals surface area contributed by atoms with Gasteiger partial charge in [0.2, 0.25) is 5.91 Å². The van der Waals surface area contributed by atoms with Crippen LogP contribution in [0.5, 0.6) is 0 Å². The van der Waals surface area contributed by atoms with E-state index in [0.717, 1.165) is 34.9 Å². The van der Waals surface area contributed by atoms with Crippen LogP contribution in [0.25, 0.3) is 11.4 Å². The lowest BCUT2D eigenvalue weighted by molar-refractivity contribution is -0.119. The molecule has 1 aromatic carbocycles. The van der Waals surface area contributed by atoms with Crippen LogP contribution in [0.3, 0.4) is 0 Å². The number of hydrogen-bond donors (Lipinski definition) is 1. The fourth-order valence-corrected chi connectivity index (χ4v) is 3.78. The summed E-state index contributed by atoms with van der Waals surface area (Å²) in [7, 11) is 0. The van der Waals surface area contributed by atoms with E-state index in [-0.39, 0.29) is 11.9 Å². The van der Waals surface area contributed by atoms with E-state index in [1.54, 1.807) is 12.4 Å². The Balaban J connectivity index is 1.43. The van der Waals surface area contributed by atoms with Gasteiger partial charge in [0.15, 0.2) is 11.0 Å². The Morgan fingerprint density at radius 3 is 2.74 bits per heavy atom. The first-order valence-electron chi connectivity index (χ1n) is 9.05. The highest BCUT2D eigenvalue weighted by Gasteiger charge is 2.30. The van der Waals surface area contributed by atoms with Gasteiger partial charge in [0, 0.05) is 24.0 Å². The first-order chi connectivity index (χ1) is 13.2. The summed E-state index contributed by atoms with van der Waals surface area (Å²) in [6.45, 7) is 1.99. The fraction of sp³-hybridized carbons (Fsp3) is 0.300. The van der Waals surface area contributed by atoms with Gasteiger partial charge in [-0.05, 0) is 37.5 Å². The molecular weight excluding hydrogens is 358 g/mol. The minimum atomic E-state index is -0.0217. The number of rotatable bonds is 7. The maximum absolute atomic E-state index is 12.4. The largest absolute Gasteiger partial charge is 0.349 e. The number of nitrogens with zero attached hydrogens (tertiary/aromatic N) is 4. The zero-order chi connectivity index (χ0) is 18.6. The van der Waals surface area contributed by atoms with Crippen molar-refractivity contribution in [2.75, 3.05) is 5.75 Å². The van der Waals surface area contributed by atoms with Gasteiger partial charge in [-0.2, -0.15) is 0 Å². The van der Waals surface area contributed by atoms with Crippen molar-refractivity contribution in [2.24, 2.45) is 0 Å². The zero-order valence-corrected chi connectivity index (χ0v) is 15.9. The van der Waals surface area contributed by atoms with E-state index in [0.29, 0.717) is 11.8 Å². The maximum Gasteiger partial charge on any atom is 0.230 e. The SMILES string of the molecule is C[C@@H](NC(=O)CSc1nnc(-c2cccnc2)n1C1CC1)c1ccccc1. The number of pyridine rings is 1. The van der Waals surface area contributed by atoms with E-state index < -0.39 is 0 Å². The summed E-state index contributed by atoms with van der Waals surface area (Å²) in [5.41, 5.74) is 2.04. The molecule has 4 rings (SSSR count). The van der Waals surface area contributed by atoms with Crippen LogP contribution in [0.15, 0.2) is 60.0 Å². The number of thioether (sulfide) groups is 1. The molecule has 3 aromatic rings. The number of benzene rings is 1.